The second-order valence-corrected chi connectivity index (χ2v) is 6.12. The average Bonchev–Trinajstić information content (AvgIpc) is 3.14. The van der Waals surface area contributed by atoms with Crippen LogP contribution in [0, 0.1) is 0 Å². The van der Waals surface area contributed by atoms with Crippen LogP contribution in [0.2, 0.25) is 0 Å². The summed E-state index contributed by atoms with van der Waals surface area (Å²) in [5.74, 6) is 0.472. The summed E-state index contributed by atoms with van der Waals surface area (Å²) in [5, 5.41) is 0. The predicted molar refractivity (Wildman–Crippen MR) is 94.3 cm³/mol. The van der Waals surface area contributed by atoms with Gasteiger partial charge in [-0.25, -0.2) is 4.57 Å². The molecule has 3 rings (SSSR count). The highest BCUT2D eigenvalue weighted by molar-refractivity contribution is 5.25. The molecule has 0 saturated carbocycles. The maximum atomic E-state index is 3.20. The molecule has 23 heavy (non-hydrogen) atoms. The average molecular weight is 305 g/mol. The van der Waals surface area contributed by atoms with E-state index in [2.05, 4.69) is 89.7 Å². The van der Waals surface area contributed by atoms with Crippen LogP contribution in [0.3, 0.4) is 0 Å². The van der Waals surface area contributed by atoms with Crippen molar-refractivity contribution >= 4 is 0 Å². The van der Waals surface area contributed by atoms with Crippen LogP contribution in [0.15, 0.2) is 79.4 Å². The number of hydrogen-bond acceptors (Lipinski definition) is 0. The minimum absolute atomic E-state index is 0.467. The molecule has 0 aliphatic rings. The van der Waals surface area contributed by atoms with Crippen molar-refractivity contribution in [3.8, 4) is 0 Å². The largest absolute Gasteiger partial charge is 0.250 e. The maximum Gasteiger partial charge on any atom is 0.241 e. The summed E-state index contributed by atoms with van der Waals surface area (Å²) in [6.07, 6.45) is 9.67. The van der Waals surface area contributed by atoms with Gasteiger partial charge in [-0.15, -0.1) is 0 Å². The van der Waals surface area contributed by atoms with E-state index in [9.17, 15) is 0 Å². The van der Waals surface area contributed by atoms with Crippen LogP contribution in [0.25, 0.3) is 0 Å². The lowest BCUT2D eigenvalue weighted by molar-refractivity contribution is -0.725. The summed E-state index contributed by atoms with van der Waals surface area (Å²) in [4.78, 5) is 3.20. The first-order valence-corrected chi connectivity index (χ1v) is 8.51. The van der Waals surface area contributed by atoms with E-state index in [-0.39, 0.29) is 0 Å². The second-order valence-electron chi connectivity index (χ2n) is 6.12. The fraction of sp³-hybridized carbons (Fsp3) is 0.286. The standard InChI is InChI=1S/C21H24N2/c1-2-9-21(23-15-14-22-17-23)20(19-12-7-4-8-13-19)16-18-10-5-3-6-11-18/h3-8,10-15,17,20-21H,2,9,16H2,1H3/p+1. The van der Waals surface area contributed by atoms with Gasteiger partial charge in [-0.3, -0.25) is 4.98 Å². The summed E-state index contributed by atoms with van der Waals surface area (Å²) < 4.78 is 2.34. The molecule has 0 spiro atoms. The van der Waals surface area contributed by atoms with Gasteiger partial charge in [-0.05, 0) is 24.0 Å². The van der Waals surface area contributed by atoms with Gasteiger partial charge >= 0.3 is 0 Å². The van der Waals surface area contributed by atoms with Crippen molar-refractivity contribution in [2.75, 3.05) is 0 Å². The molecule has 2 heteroatoms. The number of aromatic amines is 1. The van der Waals surface area contributed by atoms with Gasteiger partial charge in [0.15, 0.2) is 0 Å². The number of aromatic nitrogens is 2. The maximum absolute atomic E-state index is 3.20. The fourth-order valence-electron chi connectivity index (χ4n) is 3.41. The van der Waals surface area contributed by atoms with Crippen LogP contribution in [0.4, 0.5) is 0 Å². The lowest BCUT2D eigenvalue weighted by Gasteiger charge is -2.25. The molecule has 2 atom stereocenters. The molecule has 0 aliphatic carbocycles. The second kappa shape index (κ2) is 7.77. The van der Waals surface area contributed by atoms with Gasteiger partial charge in [0.2, 0.25) is 6.33 Å². The van der Waals surface area contributed by atoms with Crippen LogP contribution in [0.5, 0.6) is 0 Å². The molecule has 0 amide bonds. The van der Waals surface area contributed by atoms with Crippen LogP contribution >= 0.6 is 0 Å². The van der Waals surface area contributed by atoms with E-state index in [1.807, 2.05) is 6.20 Å². The third-order valence-electron chi connectivity index (χ3n) is 4.52. The zero-order chi connectivity index (χ0) is 15.9. The third kappa shape index (κ3) is 3.89. The smallest absolute Gasteiger partial charge is 0.241 e. The number of benzene rings is 2. The predicted octanol–water partition coefficient (Wildman–Crippen LogP) is 4.67. The Hall–Kier alpha value is -2.35. The molecule has 0 aliphatic heterocycles. The van der Waals surface area contributed by atoms with E-state index < -0.39 is 0 Å². The molecular formula is C21H25N2+. The molecule has 118 valence electrons. The van der Waals surface area contributed by atoms with Crippen LogP contribution in [0.1, 0.15) is 42.9 Å². The number of H-pyrrole nitrogens is 1. The van der Waals surface area contributed by atoms with Gasteiger partial charge in [0, 0.05) is 5.92 Å². The Labute approximate surface area is 138 Å². The molecule has 1 heterocycles. The van der Waals surface area contributed by atoms with Gasteiger partial charge in [-0.1, -0.05) is 74.0 Å². The summed E-state index contributed by atoms with van der Waals surface area (Å²) in [6, 6.07) is 22.2. The van der Waals surface area contributed by atoms with E-state index in [0.29, 0.717) is 12.0 Å². The van der Waals surface area contributed by atoms with Crippen molar-refractivity contribution in [3.63, 3.8) is 0 Å². The first-order chi connectivity index (χ1) is 11.4. The molecule has 0 fully saturated rings. The monoisotopic (exact) mass is 305 g/mol. The van der Waals surface area contributed by atoms with Gasteiger partial charge in [0.1, 0.15) is 18.4 Å². The number of hydrogen-bond donors (Lipinski definition) is 1. The summed E-state index contributed by atoms with van der Waals surface area (Å²) in [7, 11) is 0. The Bertz CT molecular complexity index is 674. The van der Waals surface area contributed by atoms with Crippen LogP contribution in [-0.4, -0.2) is 4.98 Å². The highest BCUT2D eigenvalue weighted by atomic mass is 15.1. The highest BCUT2D eigenvalue weighted by Gasteiger charge is 2.27. The minimum atomic E-state index is 0.467. The molecule has 2 nitrogen and oxygen atoms in total. The Morgan fingerprint density at radius 2 is 1.65 bits per heavy atom. The van der Waals surface area contributed by atoms with Crippen molar-refractivity contribution in [3.05, 3.63) is 90.5 Å². The summed E-state index contributed by atoms with van der Waals surface area (Å²) in [6.45, 7) is 2.27. The van der Waals surface area contributed by atoms with Crippen molar-refractivity contribution in [1.29, 1.82) is 0 Å². The van der Waals surface area contributed by atoms with Crippen LogP contribution < -0.4 is 4.57 Å². The zero-order valence-electron chi connectivity index (χ0n) is 13.7. The van der Waals surface area contributed by atoms with E-state index >= 15 is 0 Å². The Morgan fingerprint density at radius 3 is 2.26 bits per heavy atom. The Morgan fingerprint density at radius 1 is 0.957 bits per heavy atom. The van der Waals surface area contributed by atoms with E-state index in [4.69, 9.17) is 0 Å². The summed E-state index contributed by atoms with van der Waals surface area (Å²) >= 11 is 0. The van der Waals surface area contributed by atoms with E-state index in [0.717, 1.165) is 6.42 Å². The van der Waals surface area contributed by atoms with Crippen LogP contribution in [-0.2, 0) is 6.42 Å². The van der Waals surface area contributed by atoms with E-state index in [1.54, 1.807) is 0 Å². The molecule has 1 N–H and O–H groups in total. The SMILES string of the molecule is CCCC(C(Cc1ccccc1)c1ccccc1)[n+]1cc[nH]c1. The lowest BCUT2D eigenvalue weighted by Crippen LogP contribution is -2.41. The zero-order valence-corrected chi connectivity index (χ0v) is 13.7. The van der Waals surface area contributed by atoms with Crippen molar-refractivity contribution in [2.24, 2.45) is 0 Å². The number of nitrogens with one attached hydrogen (secondary N) is 1. The Kier molecular flexibility index (Phi) is 5.25. The fourth-order valence-corrected chi connectivity index (χ4v) is 3.41. The van der Waals surface area contributed by atoms with Crippen molar-refractivity contribution in [2.45, 2.75) is 38.1 Å². The third-order valence-corrected chi connectivity index (χ3v) is 4.52. The quantitative estimate of drug-likeness (QED) is 0.612. The summed E-state index contributed by atoms with van der Waals surface area (Å²) in [5.41, 5.74) is 2.82. The molecule has 3 aromatic rings. The first kappa shape index (κ1) is 15.5. The normalized spacial score (nSPS) is 13.6. The Balaban J connectivity index is 1.96. The lowest BCUT2D eigenvalue weighted by atomic mass is 9.84. The van der Waals surface area contributed by atoms with Crippen molar-refractivity contribution in [1.82, 2.24) is 4.98 Å². The highest BCUT2D eigenvalue weighted by Crippen LogP contribution is 2.32. The number of nitrogens with zero attached hydrogens (tertiary/aromatic N) is 1. The molecular weight excluding hydrogens is 280 g/mol. The molecule has 0 bridgehead atoms. The van der Waals surface area contributed by atoms with Gasteiger partial charge < -0.3 is 0 Å². The molecule has 2 aromatic carbocycles. The van der Waals surface area contributed by atoms with E-state index in [1.165, 1.54) is 24.0 Å². The molecule has 1 aromatic heterocycles. The van der Waals surface area contributed by atoms with Gasteiger partial charge in [0.25, 0.3) is 0 Å². The minimum Gasteiger partial charge on any atom is -0.250 e. The van der Waals surface area contributed by atoms with Crippen molar-refractivity contribution < 1.29 is 4.57 Å². The first-order valence-electron chi connectivity index (χ1n) is 8.51. The molecule has 0 radical (unpaired) electrons. The molecule has 0 saturated heterocycles. The van der Waals surface area contributed by atoms with Gasteiger partial charge in [-0.2, -0.15) is 0 Å². The number of rotatable bonds is 7. The topological polar surface area (TPSA) is 19.7 Å². The number of imidazole rings is 1. The molecule has 2 unspecified atom stereocenters. The van der Waals surface area contributed by atoms with Gasteiger partial charge in [0.05, 0.1) is 0 Å².